The summed E-state index contributed by atoms with van der Waals surface area (Å²) in [4.78, 5) is 25.3. The minimum absolute atomic E-state index is 0.122. The molecule has 0 bridgehead atoms. The molecule has 1 amide bonds. The maximum atomic E-state index is 11.9. The molecule has 1 heterocycles. The van der Waals surface area contributed by atoms with Crippen molar-refractivity contribution in [1.29, 1.82) is 0 Å². The third kappa shape index (κ3) is 4.31. The van der Waals surface area contributed by atoms with Crippen molar-refractivity contribution in [3.63, 3.8) is 0 Å². The number of fused-ring (bicyclic) bond motifs is 1. The van der Waals surface area contributed by atoms with Crippen LogP contribution < -0.4 is 5.32 Å². The van der Waals surface area contributed by atoms with E-state index in [2.05, 4.69) is 28.4 Å². The highest BCUT2D eigenvalue weighted by Crippen LogP contribution is 2.18. The largest absolute Gasteiger partial charge is 0.480 e. The molecule has 1 atom stereocenters. The Morgan fingerprint density at radius 1 is 1.27 bits per heavy atom. The van der Waals surface area contributed by atoms with Gasteiger partial charge in [0.15, 0.2) is 0 Å². The molecule has 0 fully saturated rings. The van der Waals surface area contributed by atoms with E-state index in [9.17, 15) is 9.59 Å². The maximum absolute atomic E-state index is 11.9. The van der Waals surface area contributed by atoms with Crippen LogP contribution in [0.4, 0.5) is 0 Å². The van der Waals surface area contributed by atoms with Gasteiger partial charge in [0.25, 0.3) is 0 Å². The summed E-state index contributed by atoms with van der Waals surface area (Å²) in [5.74, 6) is -1.29. The summed E-state index contributed by atoms with van der Waals surface area (Å²) in [5, 5.41) is 11.7. The molecule has 0 saturated heterocycles. The molecule has 0 spiro atoms. The highest BCUT2D eigenvalue weighted by atomic mass is 16.4. The van der Waals surface area contributed by atoms with Crippen LogP contribution in [-0.2, 0) is 22.6 Å². The van der Waals surface area contributed by atoms with Gasteiger partial charge in [-0.3, -0.25) is 9.69 Å². The lowest BCUT2D eigenvalue weighted by Gasteiger charge is -2.28. The third-order valence-electron chi connectivity index (χ3n) is 4.11. The van der Waals surface area contributed by atoms with E-state index >= 15 is 0 Å². The topological polar surface area (TPSA) is 69.6 Å². The van der Waals surface area contributed by atoms with Gasteiger partial charge in [0.1, 0.15) is 6.04 Å². The molecule has 1 unspecified atom stereocenters. The van der Waals surface area contributed by atoms with Gasteiger partial charge in [0.05, 0.1) is 0 Å². The number of hydrogen-bond acceptors (Lipinski definition) is 3. The van der Waals surface area contributed by atoms with Crippen LogP contribution in [0.25, 0.3) is 0 Å². The molecule has 1 aliphatic rings. The van der Waals surface area contributed by atoms with Crippen molar-refractivity contribution in [1.82, 2.24) is 10.2 Å². The van der Waals surface area contributed by atoms with Gasteiger partial charge in [-0.05, 0) is 23.5 Å². The predicted octanol–water partition coefficient (Wildman–Crippen LogP) is 1.66. The van der Waals surface area contributed by atoms with Gasteiger partial charge in [0, 0.05) is 26.1 Å². The molecule has 1 aliphatic heterocycles. The van der Waals surface area contributed by atoms with Crippen LogP contribution in [0.1, 0.15) is 31.4 Å². The molecule has 0 aromatic heterocycles. The number of hydrogen-bond donors (Lipinski definition) is 2. The van der Waals surface area contributed by atoms with Gasteiger partial charge in [0.2, 0.25) is 5.91 Å². The molecule has 0 saturated carbocycles. The lowest BCUT2D eigenvalue weighted by molar-refractivity contribution is -0.143. The summed E-state index contributed by atoms with van der Waals surface area (Å²) >= 11 is 0. The van der Waals surface area contributed by atoms with E-state index in [1.54, 1.807) is 13.8 Å². The number of carboxylic acids is 1. The Hall–Kier alpha value is -1.88. The zero-order valence-electron chi connectivity index (χ0n) is 13.2. The van der Waals surface area contributed by atoms with E-state index in [-0.39, 0.29) is 11.8 Å². The van der Waals surface area contributed by atoms with E-state index in [4.69, 9.17) is 5.11 Å². The number of nitrogens with zero attached hydrogens (tertiary/aromatic N) is 1. The Kier molecular flexibility index (Phi) is 5.55. The van der Waals surface area contributed by atoms with Crippen molar-refractivity contribution in [3.05, 3.63) is 35.4 Å². The Morgan fingerprint density at radius 3 is 2.59 bits per heavy atom. The number of amides is 1. The van der Waals surface area contributed by atoms with Crippen LogP contribution in [0.5, 0.6) is 0 Å². The Labute approximate surface area is 131 Å². The number of carbonyl (C=O) groups excluding carboxylic acids is 1. The molecule has 22 heavy (non-hydrogen) atoms. The molecule has 5 nitrogen and oxygen atoms in total. The van der Waals surface area contributed by atoms with Crippen molar-refractivity contribution >= 4 is 11.9 Å². The molecule has 0 aliphatic carbocycles. The number of rotatable bonds is 6. The lowest BCUT2D eigenvalue weighted by Crippen LogP contribution is -2.45. The van der Waals surface area contributed by atoms with E-state index in [1.165, 1.54) is 11.1 Å². The standard InChI is InChI=1S/C17H24N2O3/c1-12(2)16(17(21)22)18-15(20)8-10-19-9-7-13-5-3-4-6-14(13)11-19/h3-6,12,16H,7-11H2,1-2H3,(H,18,20)(H,21,22). The van der Waals surface area contributed by atoms with Gasteiger partial charge in [-0.2, -0.15) is 0 Å². The van der Waals surface area contributed by atoms with E-state index in [0.29, 0.717) is 13.0 Å². The molecule has 1 aromatic rings. The minimum Gasteiger partial charge on any atom is -0.480 e. The van der Waals surface area contributed by atoms with Gasteiger partial charge < -0.3 is 10.4 Å². The molecule has 2 rings (SSSR count). The first-order valence-corrected chi connectivity index (χ1v) is 7.78. The average Bonchev–Trinajstić information content (AvgIpc) is 2.49. The molecule has 2 N–H and O–H groups in total. The van der Waals surface area contributed by atoms with Crippen LogP contribution in [0.2, 0.25) is 0 Å². The summed E-state index contributed by atoms with van der Waals surface area (Å²) < 4.78 is 0. The van der Waals surface area contributed by atoms with E-state index in [0.717, 1.165) is 19.5 Å². The summed E-state index contributed by atoms with van der Waals surface area (Å²) in [6.45, 7) is 6.04. The van der Waals surface area contributed by atoms with Crippen LogP contribution >= 0.6 is 0 Å². The fourth-order valence-electron chi connectivity index (χ4n) is 2.76. The first-order chi connectivity index (χ1) is 10.5. The van der Waals surface area contributed by atoms with Gasteiger partial charge in [-0.1, -0.05) is 38.1 Å². The second-order valence-corrected chi connectivity index (χ2v) is 6.17. The number of carbonyl (C=O) groups is 2. The van der Waals surface area contributed by atoms with Crippen molar-refractivity contribution in [2.24, 2.45) is 5.92 Å². The van der Waals surface area contributed by atoms with E-state index in [1.807, 2.05) is 6.07 Å². The summed E-state index contributed by atoms with van der Waals surface area (Å²) in [6.07, 6.45) is 1.33. The summed E-state index contributed by atoms with van der Waals surface area (Å²) in [7, 11) is 0. The normalized spacial score (nSPS) is 16.1. The molecule has 1 aromatic carbocycles. The SMILES string of the molecule is CC(C)C(NC(=O)CCN1CCc2ccccc2C1)C(=O)O. The quantitative estimate of drug-likeness (QED) is 0.838. The van der Waals surface area contributed by atoms with Crippen LogP contribution in [0.15, 0.2) is 24.3 Å². The molecular formula is C17H24N2O3. The molecule has 0 radical (unpaired) electrons. The molecule has 5 heteroatoms. The van der Waals surface area contributed by atoms with Gasteiger partial charge in [-0.15, -0.1) is 0 Å². The van der Waals surface area contributed by atoms with Crippen LogP contribution in [-0.4, -0.2) is 41.0 Å². The highest BCUT2D eigenvalue weighted by molar-refractivity contribution is 5.83. The Morgan fingerprint density at radius 2 is 1.95 bits per heavy atom. The number of aliphatic carboxylic acids is 1. The van der Waals surface area contributed by atoms with Gasteiger partial charge >= 0.3 is 5.97 Å². The third-order valence-corrected chi connectivity index (χ3v) is 4.11. The Balaban J connectivity index is 1.81. The van der Waals surface area contributed by atoms with Crippen molar-refractivity contribution < 1.29 is 14.7 Å². The molecule has 120 valence electrons. The fourth-order valence-corrected chi connectivity index (χ4v) is 2.76. The van der Waals surface area contributed by atoms with E-state index < -0.39 is 12.0 Å². The monoisotopic (exact) mass is 304 g/mol. The number of nitrogens with one attached hydrogen (secondary N) is 1. The lowest BCUT2D eigenvalue weighted by atomic mass is 10.00. The summed E-state index contributed by atoms with van der Waals surface area (Å²) in [5.41, 5.74) is 2.70. The van der Waals surface area contributed by atoms with Crippen LogP contribution in [0.3, 0.4) is 0 Å². The van der Waals surface area contributed by atoms with Crippen molar-refractivity contribution in [2.75, 3.05) is 13.1 Å². The second-order valence-electron chi connectivity index (χ2n) is 6.17. The smallest absolute Gasteiger partial charge is 0.326 e. The van der Waals surface area contributed by atoms with Crippen LogP contribution in [0, 0.1) is 5.92 Å². The zero-order valence-corrected chi connectivity index (χ0v) is 13.2. The first-order valence-electron chi connectivity index (χ1n) is 7.78. The fraction of sp³-hybridized carbons (Fsp3) is 0.529. The highest BCUT2D eigenvalue weighted by Gasteiger charge is 2.23. The van der Waals surface area contributed by atoms with Crippen molar-refractivity contribution in [2.45, 2.75) is 39.3 Å². The first kappa shape index (κ1) is 16.5. The maximum Gasteiger partial charge on any atom is 0.326 e. The number of carboxylic acid groups (broad SMARTS) is 1. The average molecular weight is 304 g/mol. The number of benzene rings is 1. The van der Waals surface area contributed by atoms with Crippen molar-refractivity contribution in [3.8, 4) is 0 Å². The van der Waals surface area contributed by atoms with Gasteiger partial charge in [-0.25, -0.2) is 4.79 Å². The zero-order chi connectivity index (χ0) is 16.1. The summed E-state index contributed by atoms with van der Waals surface area (Å²) in [6, 6.07) is 7.56. The second kappa shape index (κ2) is 7.40. The predicted molar refractivity (Wildman–Crippen MR) is 84.4 cm³/mol. The minimum atomic E-state index is -0.977. The Bertz CT molecular complexity index is 542. The molecular weight excluding hydrogens is 280 g/mol.